The van der Waals surface area contributed by atoms with Crippen LogP contribution < -0.4 is 5.32 Å². The molecule has 0 aliphatic rings. The number of nitrogens with one attached hydrogen (secondary N) is 1. The first kappa shape index (κ1) is 12.8. The van der Waals surface area contributed by atoms with Crippen molar-refractivity contribution >= 4 is 11.6 Å². The van der Waals surface area contributed by atoms with Gasteiger partial charge in [-0.15, -0.1) is 0 Å². The number of aryl methyl sites for hydroxylation is 2. The molecule has 2 aromatic rings. The summed E-state index contributed by atoms with van der Waals surface area (Å²) in [6.07, 6.45) is 0. The van der Waals surface area contributed by atoms with Crippen LogP contribution in [0.4, 0.5) is 5.69 Å². The van der Waals surface area contributed by atoms with Gasteiger partial charge in [0.2, 0.25) is 0 Å². The third kappa shape index (κ3) is 2.47. The van der Waals surface area contributed by atoms with Crippen molar-refractivity contribution in [3.8, 4) is 6.07 Å². The molecule has 2 rings (SSSR count). The minimum atomic E-state index is -0.240. The topological polar surface area (TPSA) is 70.7 Å². The Kier molecular flexibility index (Phi) is 3.34. The van der Waals surface area contributed by atoms with Crippen LogP contribution in [-0.2, 0) is 7.05 Å². The van der Waals surface area contributed by atoms with E-state index in [0.717, 1.165) is 17.1 Å². The molecular formula is C14H14N4O. The number of hydrogen-bond donors (Lipinski definition) is 1. The Hall–Kier alpha value is -2.61. The molecule has 0 aliphatic heterocycles. The number of rotatable bonds is 2. The highest BCUT2D eigenvalue weighted by atomic mass is 16.1. The second kappa shape index (κ2) is 4.94. The van der Waals surface area contributed by atoms with Crippen LogP contribution in [0.15, 0.2) is 24.3 Å². The highest BCUT2D eigenvalue weighted by Gasteiger charge is 2.13. The number of hydrogen-bond acceptors (Lipinski definition) is 3. The predicted octanol–water partition coefficient (Wildman–Crippen LogP) is 2.16. The minimum Gasteiger partial charge on any atom is -0.319 e. The molecule has 0 fully saturated rings. The third-order valence-corrected chi connectivity index (χ3v) is 3.00. The molecule has 1 aromatic heterocycles. The molecule has 0 saturated heterocycles. The number of benzene rings is 1. The number of amides is 1. The van der Waals surface area contributed by atoms with E-state index in [1.807, 2.05) is 27.0 Å². The van der Waals surface area contributed by atoms with E-state index in [-0.39, 0.29) is 5.91 Å². The van der Waals surface area contributed by atoms with Gasteiger partial charge in [0.05, 0.1) is 28.7 Å². The summed E-state index contributed by atoms with van der Waals surface area (Å²) in [5.74, 6) is -0.240. The SMILES string of the molecule is Cc1nn(C)c(C)c1NC(=O)c1cccc(C#N)c1. The molecule has 1 aromatic carbocycles. The Morgan fingerprint density at radius 3 is 2.74 bits per heavy atom. The van der Waals surface area contributed by atoms with Crippen molar-refractivity contribution in [3.63, 3.8) is 0 Å². The number of carbonyl (C=O) groups is 1. The van der Waals surface area contributed by atoms with Gasteiger partial charge < -0.3 is 5.32 Å². The standard InChI is InChI=1S/C14H14N4O/c1-9-13(10(2)18(3)17-9)16-14(19)12-6-4-5-11(7-12)8-15/h4-7H,1-3H3,(H,16,19). The maximum Gasteiger partial charge on any atom is 0.255 e. The number of anilines is 1. The molecule has 19 heavy (non-hydrogen) atoms. The summed E-state index contributed by atoms with van der Waals surface area (Å²) in [5.41, 5.74) is 3.30. The van der Waals surface area contributed by atoms with Crippen LogP contribution in [0.2, 0.25) is 0 Å². The molecule has 96 valence electrons. The second-order valence-corrected chi connectivity index (χ2v) is 4.32. The molecule has 0 spiro atoms. The van der Waals surface area contributed by atoms with Crippen LogP contribution in [-0.4, -0.2) is 15.7 Å². The summed E-state index contributed by atoms with van der Waals surface area (Å²) in [4.78, 5) is 12.1. The quantitative estimate of drug-likeness (QED) is 0.892. The number of aromatic nitrogens is 2. The van der Waals surface area contributed by atoms with Gasteiger partial charge in [-0.1, -0.05) is 6.07 Å². The van der Waals surface area contributed by atoms with Crippen LogP contribution in [0.25, 0.3) is 0 Å². The van der Waals surface area contributed by atoms with Crippen LogP contribution in [0.5, 0.6) is 0 Å². The van der Waals surface area contributed by atoms with Gasteiger partial charge in [0.25, 0.3) is 5.91 Å². The molecule has 0 saturated carbocycles. The lowest BCUT2D eigenvalue weighted by Crippen LogP contribution is -2.13. The summed E-state index contributed by atoms with van der Waals surface area (Å²) in [6, 6.07) is 8.62. The lowest BCUT2D eigenvalue weighted by Gasteiger charge is -2.05. The highest BCUT2D eigenvalue weighted by Crippen LogP contribution is 2.19. The first-order valence-electron chi connectivity index (χ1n) is 5.84. The summed E-state index contributed by atoms with van der Waals surface area (Å²) in [6.45, 7) is 3.73. The van der Waals surface area contributed by atoms with Gasteiger partial charge in [0.1, 0.15) is 0 Å². The minimum absolute atomic E-state index is 0.240. The van der Waals surface area contributed by atoms with E-state index < -0.39 is 0 Å². The van der Waals surface area contributed by atoms with Gasteiger partial charge >= 0.3 is 0 Å². The Labute approximate surface area is 111 Å². The van der Waals surface area contributed by atoms with Crippen molar-refractivity contribution in [2.45, 2.75) is 13.8 Å². The Morgan fingerprint density at radius 1 is 1.42 bits per heavy atom. The fourth-order valence-electron chi connectivity index (χ4n) is 1.87. The van der Waals surface area contributed by atoms with Crippen LogP contribution in [0.1, 0.15) is 27.3 Å². The lowest BCUT2D eigenvalue weighted by molar-refractivity contribution is 0.102. The average molecular weight is 254 g/mol. The second-order valence-electron chi connectivity index (χ2n) is 4.32. The maximum atomic E-state index is 12.1. The molecule has 0 bridgehead atoms. The zero-order chi connectivity index (χ0) is 14.0. The number of nitriles is 1. The number of nitrogens with zero attached hydrogens (tertiary/aromatic N) is 3. The molecular weight excluding hydrogens is 240 g/mol. The largest absolute Gasteiger partial charge is 0.319 e. The Bertz CT molecular complexity index is 679. The van der Waals surface area contributed by atoms with Crippen molar-refractivity contribution in [1.82, 2.24) is 9.78 Å². The monoisotopic (exact) mass is 254 g/mol. The molecule has 5 nitrogen and oxygen atoms in total. The summed E-state index contributed by atoms with van der Waals surface area (Å²) in [7, 11) is 1.83. The molecule has 0 aliphatic carbocycles. The highest BCUT2D eigenvalue weighted by molar-refractivity contribution is 6.05. The molecule has 1 heterocycles. The van der Waals surface area contributed by atoms with Gasteiger partial charge in [0, 0.05) is 12.6 Å². The Morgan fingerprint density at radius 2 is 2.16 bits per heavy atom. The van der Waals surface area contributed by atoms with Gasteiger partial charge in [-0.3, -0.25) is 9.48 Å². The normalized spacial score (nSPS) is 10.0. The van der Waals surface area contributed by atoms with Crippen LogP contribution >= 0.6 is 0 Å². The van der Waals surface area contributed by atoms with E-state index in [4.69, 9.17) is 5.26 Å². The van der Waals surface area contributed by atoms with E-state index in [9.17, 15) is 4.79 Å². The van der Waals surface area contributed by atoms with Crippen molar-refractivity contribution in [3.05, 3.63) is 46.8 Å². The lowest BCUT2D eigenvalue weighted by atomic mass is 10.1. The molecule has 0 radical (unpaired) electrons. The van der Waals surface area contributed by atoms with Crippen molar-refractivity contribution < 1.29 is 4.79 Å². The van der Waals surface area contributed by atoms with Gasteiger partial charge in [-0.25, -0.2) is 0 Å². The zero-order valence-corrected chi connectivity index (χ0v) is 11.1. The van der Waals surface area contributed by atoms with E-state index in [2.05, 4.69) is 10.4 Å². The van der Waals surface area contributed by atoms with Crippen LogP contribution in [0.3, 0.4) is 0 Å². The van der Waals surface area contributed by atoms with Crippen molar-refractivity contribution in [2.24, 2.45) is 7.05 Å². The average Bonchev–Trinajstić information content (AvgIpc) is 2.65. The van der Waals surface area contributed by atoms with E-state index in [0.29, 0.717) is 11.1 Å². The first-order chi connectivity index (χ1) is 9.02. The molecule has 0 unspecified atom stereocenters. The zero-order valence-electron chi connectivity index (χ0n) is 11.1. The molecule has 0 atom stereocenters. The molecule has 5 heteroatoms. The van der Waals surface area contributed by atoms with Gasteiger partial charge in [0.15, 0.2) is 0 Å². The van der Waals surface area contributed by atoms with Crippen molar-refractivity contribution in [2.75, 3.05) is 5.32 Å². The summed E-state index contributed by atoms with van der Waals surface area (Å²) in [5, 5.41) is 15.9. The maximum absolute atomic E-state index is 12.1. The third-order valence-electron chi connectivity index (χ3n) is 3.00. The van der Waals surface area contributed by atoms with Crippen molar-refractivity contribution in [1.29, 1.82) is 5.26 Å². The first-order valence-corrected chi connectivity index (χ1v) is 5.84. The fourth-order valence-corrected chi connectivity index (χ4v) is 1.87. The predicted molar refractivity (Wildman–Crippen MR) is 71.8 cm³/mol. The molecule has 1 amide bonds. The Balaban J connectivity index is 2.28. The summed E-state index contributed by atoms with van der Waals surface area (Å²) >= 11 is 0. The van der Waals surface area contributed by atoms with E-state index in [1.165, 1.54) is 0 Å². The van der Waals surface area contributed by atoms with Gasteiger partial charge in [-0.2, -0.15) is 10.4 Å². The van der Waals surface area contributed by atoms with E-state index in [1.54, 1.807) is 28.9 Å². The molecule has 1 N–H and O–H groups in total. The van der Waals surface area contributed by atoms with Crippen LogP contribution in [0, 0.1) is 25.2 Å². The van der Waals surface area contributed by atoms with Gasteiger partial charge in [-0.05, 0) is 32.0 Å². The fraction of sp³-hybridized carbons (Fsp3) is 0.214. The smallest absolute Gasteiger partial charge is 0.255 e. The summed E-state index contributed by atoms with van der Waals surface area (Å²) < 4.78 is 1.72. The number of carbonyl (C=O) groups excluding carboxylic acids is 1. The van der Waals surface area contributed by atoms with E-state index >= 15 is 0 Å².